The second-order valence-corrected chi connectivity index (χ2v) is 8.63. The maximum absolute atomic E-state index is 13.0. The number of benzene rings is 1. The van der Waals surface area contributed by atoms with Crippen molar-refractivity contribution in [2.45, 2.75) is 20.3 Å². The standard InChI is InChI=1S/C20H23FN4O2S2/c1-3-25(4-2)20-24-19-16(29-20)10-15(28-19)18(27)23-11-13(17(22)26)9-12-5-7-14(21)8-6-12/h5-8,10,13H,3-4,9,11H2,1-2H3,(H2,22,26)(H,23,27). The Morgan fingerprint density at radius 3 is 2.48 bits per heavy atom. The number of nitrogens with zero attached hydrogens (tertiary/aromatic N) is 2. The molecule has 6 nitrogen and oxygen atoms in total. The van der Waals surface area contributed by atoms with Gasteiger partial charge in [0, 0.05) is 19.6 Å². The van der Waals surface area contributed by atoms with Crippen molar-refractivity contribution in [1.82, 2.24) is 10.3 Å². The van der Waals surface area contributed by atoms with Gasteiger partial charge in [0.2, 0.25) is 5.91 Å². The van der Waals surface area contributed by atoms with E-state index in [1.807, 2.05) is 6.07 Å². The van der Waals surface area contributed by atoms with Gasteiger partial charge in [-0.1, -0.05) is 23.5 Å². The molecule has 1 atom stereocenters. The van der Waals surface area contributed by atoms with Crippen LogP contribution in [0.25, 0.3) is 9.53 Å². The quantitative estimate of drug-likeness (QED) is 0.540. The van der Waals surface area contributed by atoms with Crippen molar-refractivity contribution in [3.8, 4) is 0 Å². The summed E-state index contributed by atoms with van der Waals surface area (Å²) in [4.78, 5) is 32.5. The molecule has 2 amide bonds. The Morgan fingerprint density at radius 1 is 1.21 bits per heavy atom. The Balaban J connectivity index is 1.64. The van der Waals surface area contributed by atoms with E-state index in [4.69, 9.17) is 5.73 Å². The smallest absolute Gasteiger partial charge is 0.261 e. The van der Waals surface area contributed by atoms with Crippen LogP contribution in [0.15, 0.2) is 30.3 Å². The zero-order valence-corrected chi connectivity index (χ0v) is 17.9. The molecule has 0 aliphatic rings. The van der Waals surface area contributed by atoms with E-state index in [-0.39, 0.29) is 18.3 Å². The average molecular weight is 435 g/mol. The van der Waals surface area contributed by atoms with Gasteiger partial charge in [0.1, 0.15) is 10.6 Å². The van der Waals surface area contributed by atoms with Crippen molar-refractivity contribution in [3.63, 3.8) is 0 Å². The number of hydrogen-bond donors (Lipinski definition) is 2. The third-order valence-electron chi connectivity index (χ3n) is 4.64. The fraction of sp³-hybridized carbons (Fsp3) is 0.350. The molecule has 0 spiro atoms. The highest BCUT2D eigenvalue weighted by atomic mass is 32.1. The molecule has 3 aromatic rings. The summed E-state index contributed by atoms with van der Waals surface area (Å²) in [5.74, 6) is -1.67. The van der Waals surface area contributed by atoms with Crippen molar-refractivity contribution < 1.29 is 14.0 Å². The third-order valence-corrected chi connectivity index (χ3v) is 6.86. The maximum Gasteiger partial charge on any atom is 0.261 e. The van der Waals surface area contributed by atoms with Gasteiger partial charge in [-0.2, -0.15) is 0 Å². The Labute approximate surface area is 176 Å². The van der Waals surface area contributed by atoms with E-state index in [9.17, 15) is 14.0 Å². The van der Waals surface area contributed by atoms with E-state index in [0.717, 1.165) is 33.3 Å². The molecule has 3 rings (SSSR count). The Hall–Kier alpha value is -2.52. The number of fused-ring (bicyclic) bond motifs is 1. The predicted molar refractivity (Wildman–Crippen MR) is 116 cm³/mol. The second kappa shape index (κ2) is 9.32. The zero-order chi connectivity index (χ0) is 21.0. The summed E-state index contributed by atoms with van der Waals surface area (Å²) >= 11 is 2.90. The largest absolute Gasteiger partial charge is 0.369 e. The van der Waals surface area contributed by atoms with Gasteiger partial charge in [-0.15, -0.1) is 11.3 Å². The molecule has 0 bridgehead atoms. The van der Waals surface area contributed by atoms with Gasteiger partial charge in [-0.25, -0.2) is 9.37 Å². The van der Waals surface area contributed by atoms with Gasteiger partial charge in [0.15, 0.2) is 5.13 Å². The summed E-state index contributed by atoms with van der Waals surface area (Å²) in [5.41, 5.74) is 6.27. The fourth-order valence-corrected chi connectivity index (χ4v) is 5.20. The number of primary amides is 1. The molecule has 0 saturated heterocycles. The first-order chi connectivity index (χ1) is 13.9. The lowest BCUT2D eigenvalue weighted by molar-refractivity contribution is -0.121. The number of aromatic nitrogens is 1. The lowest BCUT2D eigenvalue weighted by Crippen LogP contribution is -2.37. The van der Waals surface area contributed by atoms with Crippen molar-refractivity contribution >= 4 is 49.1 Å². The van der Waals surface area contributed by atoms with Gasteiger partial charge in [-0.05, 0) is 44.0 Å². The van der Waals surface area contributed by atoms with Crippen molar-refractivity contribution in [1.29, 1.82) is 0 Å². The summed E-state index contributed by atoms with van der Waals surface area (Å²) in [7, 11) is 0. The van der Waals surface area contributed by atoms with E-state index >= 15 is 0 Å². The number of halogens is 1. The first kappa shape index (κ1) is 21.2. The van der Waals surface area contributed by atoms with Crippen molar-refractivity contribution in [2.75, 3.05) is 24.5 Å². The van der Waals surface area contributed by atoms with Crippen LogP contribution in [-0.2, 0) is 11.2 Å². The van der Waals surface area contributed by atoms with Crippen LogP contribution in [0.2, 0.25) is 0 Å². The number of anilines is 1. The molecule has 0 aliphatic heterocycles. The molecule has 154 valence electrons. The zero-order valence-electron chi connectivity index (χ0n) is 16.3. The molecule has 1 aromatic carbocycles. The number of thiophene rings is 1. The van der Waals surface area contributed by atoms with Gasteiger partial charge in [-0.3, -0.25) is 9.59 Å². The molecule has 0 saturated carbocycles. The molecule has 0 fully saturated rings. The van der Waals surface area contributed by atoms with Crippen LogP contribution in [0.5, 0.6) is 0 Å². The summed E-state index contributed by atoms with van der Waals surface area (Å²) in [6.45, 7) is 6.05. The molecule has 0 aliphatic carbocycles. The molecule has 3 N–H and O–H groups in total. The topological polar surface area (TPSA) is 88.3 Å². The average Bonchev–Trinajstić information content (AvgIpc) is 3.26. The Bertz CT molecular complexity index is 964. The number of amides is 2. The van der Waals surface area contributed by atoms with E-state index in [1.54, 1.807) is 23.5 Å². The van der Waals surface area contributed by atoms with Gasteiger partial charge in [0.05, 0.1) is 15.5 Å². The molecule has 2 heterocycles. The highest BCUT2D eigenvalue weighted by molar-refractivity contribution is 7.29. The molecule has 0 radical (unpaired) electrons. The SMILES string of the molecule is CCN(CC)c1nc2sc(C(=O)NCC(Cc3ccc(F)cc3)C(N)=O)cc2s1. The summed E-state index contributed by atoms with van der Waals surface area (Å²) < 4.78 is 14.0. The van der Waals surface area contributed by atoms with Crippen LogP contribution in [0, 0.1) is 11.7 Å². The van der Waals surface area contributed by atoms with E-state index in [2.05, 4.69) is 29.0 Å². The normalized spacial score (nSPS) is 12.1. The molecule has 29 heavy (non-hydrogen) atoms. The van der Waals surface area contributed by atoms with Gasteiger partial charge < -0.3 is 16.0 Å². The van der Waals surface area contributed by atoms with Gasteiger partial charge in [0.25, 0.3) is 5.91 Å². The van der Waals surface area contributed by atoms with E-state index < -0.39 is 11.8 Å². The van der Waals surface area contributed by atoms with Crippen LogP contribution in [0.4, 0.5) is 9.52 Å². The summed E-state index contributed by atoms with van der Waals surface area (Å²) in [5, 5.41) is 3.74. The molecule has 2 aromatic heterocycles. The minimum Gasteiger partial charge on any atom is -0.369 e. The highest BCUT2D eigenvalue weighted by Gasteiger charge is 2.20. The number of carbonyl (C=O) groups excluding carboxylic acids is 2. The van der Waals surface area contributed by atoms with E-state index in [1.165, 1.54) is 23.5 Å². The summed E-state index contributed by atoms with van der Waals surface area (Å²) in [6, 6.07) is 7.73. The van der Waals surface area contributed by atoms with E-state index in [0.29, 0.717) is 11.3 Å². The Morgan fingerprint density at radius 2 is 1.90 bits per heavy atom. The van der Waals surface area contributed by atoms with Crippen LogP contribution in [0.1, 0.15) is 29.1 Å². The minimum absolute atomic E-state index is 0.120. The first-order valence-electron chi connectivity index (χ1n) is 9.38. The van der Waals surface area contributed by atoms with Crippen LogP contribution in [-0.4, -0.2) is 36.4 Å². The molecule has 1 unspecified atom stereocenters. The van der Waals surface area contributed by atoms with Crippen LogP contribution in [0.3, 0.4) is 0 Å². The van der Waals surface area contributed by atoms with Gasteiger partial charge >= 0.3 is 0 Å². The predicted octanol–water partition coefficient (Wildman–Crippen LogP) is 3.42. The minimum atomic E-state index is -0.571. The lowest BCUT2D eigenvalue weighted by Gasteiger charge is -2.16. The number of hydrogen-bond acceptors (Lipinski definition) is 6. The fourth-order valence-electron chi connectivity index (χ4n) is 2.95. The first-order valence-corrected chi connectivity index (χ1v) is 11.0. The second-order valence-electron chi connectivity index (χ2n) is 6.59. The third kappa shape index (κ3) is 5.10. The van der Waals surface area contributed by atoms with Crippen molar-refractivity contribution in [3.05, 3.63) is 46.6 Å². The number of nitrogens with one attached hydrogen (secondary N) is 1. The van der Waals surface area contributed by atoms with Crippen LogP contribution < -0.4 is 16.0 Å². The summed E-state index contributed by atoms with van der Waals surface area (Å²) in [6.07, 6.45) is 0.338. The number of nitrogens with two attached hydrogens (primary N) is 1. The lowest BCUT2D eigenvalue weighted by atomic mass is 9.98. The number of rotatable bonds is 9. The highest BCUT2D eigenvalue weighted by Crippen LogP contribution is 2.34. The monoisotopic (exact) mass is 434 g/mol. The maximum atomic E-state index is 13.0. The molecular weight excluding hydrogens is 411 g/mol. The number of carbonyl (C=O) groups is 2. The number of thiazole rings is 1. The van der Waals surface area contributed by atoms with Crippen molar-refractivity contribution in [2.24, 2.45) is 11.7 Å². The Kier molecular flexibility index (Phi) is 6.81. The molecular formula is C20H23FN4O2S2. The molecule has 9 heteroatoms. The van der Waals surface area contributed by atoms with Crippen LogP contribution >= 0.6 is 22.7 Å².